The maximum Gasteiger partial charge on any atom is 0.325 e. The first-order chi connectivity index (χ1) is 12.3. The highest BCUT2D eigenvalue weighted by atomic mass is 32.2. The Morgan fingerprint density at radius 3 is 2.62 bits per heavy atom. The fourth-order valence-corrected chi connectivity index (χ4v) is 3.16. The van der Waals surface area contributed by atoms with Gasteiger partial charge in [-0.15, -0.1) is 0 Å². The summed E-state index contributed by atoms with van der Waals surface area (Å²) in [6, 6.07) is 6.91. The molecule has 0 aliphatic rings. The Kier molecular flexibility index (Phi) is 6.79. The van der Waals surface area contributed by atoms with E-state index >= 15 is 0 Å². The van der Waals surface area contributed by atoms with Gasteiger partial charge in [0.15, 0.2) is 5.16 Å². The van der Waals surface area contributed by atoms with Gasteiger partial charge in [0.25, 0.3) is 5.56 Å². The molecule has 0 saturated heterocycles. The first-order valence-corrected chi connectivity index (χ1v) is 9.22. The minimum Gasteiger partial charge on any atom is -0.468 e. The minimum absolute atomic E-state index is 0.143. The third kappa shape index (κ3) is 4.85. The fraction of sp³-hybridized carbons (Fsp3) is 0.444. The summed E-state index contributed by atoms with van der Waals surface area (Å²) in [6.07, 6.45) is 0. The maximum atomic E-state index is 12.8. The van der Waals surface area contributed by atoms with Crippen molar-refractivity contribution in [3.63, 3.8) is 0 Å². The number of carbonyl (C=O) groups excluding carboxylic acids is 2. The summed E-state index contributed by atoms with van der Waals surface area (Å²) in [5.74, 6) is -0.355. The largest absolute Gasteiger partial charge is 0.468 e. The molecule has 2 rings (SSSR count). The van der Waals surface area contributed by atoms with E-state index in [0.29, 0.717) is 28.5 Å². The van der Waals surface area contributed by atoms with Crippen LogP contribution in [-0.4, -0.2) is 40.3 Å². The van der Waals surface area contributed by atoms with Crippen molar-refractivity contribution in [3.8, 4) is 0 Å². The van der Waals surface area contributed by atoms with Gasteiger partial charge in [0, 0.05) is 6.54 Å². The SMILES string of the molecule is COC(=O)Cn1c(S[C@H](C)C(=O)NCC(C)C)nc2ccccc2c1=O. The smallest absolute Gasteiger partial charge is 0.325 e. The molecule has 0 saturated carbocycles. The van der Waals surface area contributed by atoms with Crippen molar-refractivity contribution in [3.05, 3.63) is 34.6 Å². The van der Waals surface area contributed by atoms with Gasteiger partial charge < -0.3 is 10.1 Å². The van der Waals surface area contributed by atoms with Crippen molar-refractivity contribution in [2.24, 2.45) is 5.92 Å². The molecule has 1 aromatic carbocycles. The van der Waals surface area contributed by atoms with Crippen molar-refractivity contribution >= 4 is 34.5 Å². The van der Waals surface area contributed by atoms with Crippen LogP contribution in [0.4, 0.5) is 0 Å². The predicted molar refractivity (Wildman–Crippen MR) is 101 cm³/mol. The van der Waals surface area contributed by atoms with Gasteiger partial charge in [-0.2, -0.15) is 0 Å². The quantitative estimate of drug-likeness (QED) is 0.450. The number of hydrogen-bond acceptors (Lipinski definition) is 6. The Hall–Kier alpha value is -2.35. The number of aromatic nitrogens is 2. The summed E-state index contributed by atoms with van der Waals surface area (Å²) in [5.41, 5.74) is 0.189. The summed E-state index contributed by atoms with van der Waals surface area (Å²) >= 11 is 1.14. The number of esters is 1. The predicted octanol–water partition coefficient (Wildman–Crippen LogP) is 1.82. The number of nitrogens with zero attached hydrogens (tertiary/aromatic N) is 2. The average molecular weight is 377 g/mol. The minimum atomic E-state index is -0.553. The first kappa shape index (κ1) is 20.0. The molecule has 1 amide bonds. The molecular formula is C18H23N3O4S. The Morgan fingerprint density at radius 2 is 1.96 bits per heavy atom. The van der Waals surface area contributed by atoms with Gasteiger partial charge in [-0.3, -0.25) is 19.0 Å². The van der Waals surface area contributed by atoms with Gasteiger partial charge >= 0.3 is 5.97 Å². The van der Waals surface area contributed by atoms with Crippen LogP contribution in [0.5, 0.6) is 0 Å². The third-order valence-electron chi connectivity index (χ3n) is 3.68. The van der Waals surface area contributed by atoms with Crippen LogP contribution in [0.3, 0.4) is 0 Å². The number of para-hydroxylation sites is 1. The Labute approximate surface area is 156 Å². The van der Waals surface area contributed by atoms with E-state index in [1.165, 1.54) is 11.7 Å². The molecular weight excluding hydrogens is 354 g/mol. The van der Waals surface area contributed by atoms with Gasteiger partial charge in [-0.1, -0.05) is 37.7 Å². The van der Waals surface area contributed by atoms with Crippen LogP contribution in [0.2, 0.25) is 0 Å². The lowest BCUT2D eigenvalue weighted by atomic mass is 10.2. The lowest BCUT2D eigenvalue weighted by Gasteiger charge is -2.16. The van der Waals surface area contributed by atoms with E-state index < -0.39 is 11.2 Å². The molecule has 0 bridgehead atoms. The maximum absolute atomic E-state index is 12.8. The van der Waals surface area contributed by atoms with E-state index in [1.807, 2.05) is 13.8 Å². The number of methoxy groups -OCH3 is 1. The zero-order valence-corrected chi connectivity index (χ0v) is 16.1. The van der Waals surface area contributed by atoms with Crippen LogP contribution in [0.15, 0.2) is 34.2 Å². The van der Waals surface area contributed by atoms with Crippen molar-refractivity contribution in [2.75, 3.05) is 13.7 Å². The highest BCUT2D eigenvalue weighted by molar-refractivity contribution is 8.00. The van der Waals surface area contributed by atoms with Crippen LogP contribution in [0, 0.1) is 5.92 Å². The molecule has 140 valence electrons. The van der Waals surface area contributed by atoms with Gasteiger partial charge in [0.1, 0.15) is 6.54 Å². The number of hydrogen-bond donors (Lipinski definition) is 1. The highest BCUT2D eigenvalue weighted by Gasteiger charge is 2.20. The second-order valence-electron chi connectivity index (χ2n) is 6.28. The second-order valence-corrected chi connectivity index (χ2v) is 7.59. The number of carbonyl (C=O) groups is 2. The van der Waals surface area contributed by atoms with Crippen molar-refractivity contribution < 1.29 is 14.3 Å². The number of rotatable bonds is 7. The molecule has 26 heavy (non-hydrogen) atoms. The van der Waals surface area contributed by atoms with Crippen LogP contribution in [-0.2, 0) is 20.9 Å². The molecule has 0 aliphatic carbocycles. The molecule has 1 aromatic heterocycles. The summed E-state index contributed by atoms with van der Waals surface area (Å²) in [6.45, 7) is 6.08. The molecule has 0 fully saturated rings. The normalized spacial score (nSPS) is 12.2. The molecule has 2 aromatic rings. The molecule has 1 heterocycles. The van der Waals surface area contributed by atoms with E-state index in [4.69, 9.17) is 0 Å². The molecule has 7 nitrogen and oxygen atoms in total. The number of thioether (sulfide) groups is 1. The summed E-state index contributed by atoms with van der Waals surface area (Å²) < 4.78 is 5.93. The lowest BCUT2D eigenvalue weighted by Crippen LogP contribution is -2.34. The molecule has 0 radical (unpaired) electrons. The summed E-state index contributed by atoms with van der Waals surface area (Å²) in [5, 5.41) is 3.12. The highest BCUT2D eigenvalue weighted by Crippen LogP contribution is 2.22. The number of fused-ring (bicyclic) bond motifs is 1. The Bertz CT molecular complexity index is 863. The van der Waals surface area contributed by atoms with Crippen LogP contribution in [0.25, 0.3) is 10.9 Å². The van der Waals surface area contributed by atoms with E-state index in [0.717, 1.165) is 11.8 Å². The summed E-state index contributed by atoms with van der Waals surface area (Å²) in [7, 11) is 1.26. The van der Waals surface area contributed by atoms with Gasteiger partial charge in [-0.05, 0) is 25.0 Å². The third-order valence-corrected chi connectivity index (χ3v) is 4.77. The van der Waals surface area contributed by atoms with Crippen molar-refractivity contribution in [2.45, 2.75) is 37.7 Å². The molecule has 1 N–H and O–H groups in total. The second kappa shape index (κ2) is 8.84. The monoisotopic (exact) mass is 377 g/mol. The molecule has 0 unspecified atom stereocenters. The zero-order valence-electron chi connectivity index (χ0n) is 15.3. The van der Waals surface area contributed by atoms with Crippen LogP contribution in [0.1, 0.15) is 20.8 Å². The lowest BCUT2D eigenvalue weighted by molar-refractivity contribution is -0.141. The molecule has 0 spiro atoms. The van der Waals surface area contributed by atoms with Crippen LogP contribution >= 0.6 is 11.8 Å². The standard InChI is InChI=1S/C18H23N3O4S/c1-11(2)9-19-16(23)12(3)26-18-20-14-8-6-5-7-13(14)17(24)21(18)10-15(22)25-4/h5-8,11-12H,9-10H2,1-4H3,(H,19,23)/t12-/m1/s1. The zero-order chi connectivity index (χ0) is 19.3. The Morgan fingerprint density at radius 1 is 1.27 bits per heavy atom. The number of nitrogens with one attached hydrogen (secondary N) is 1. The summed E-state index contributed by atoms with van der Waals surface area (Å²) in [4.78, 5) is 41.2. The molecule has 0 aliphatic heterocycles. The molecule has 8 heteroatoms. The van der Waals surface area contributed by atoms with Gasteiger partial charge in [0.2, 0.25) is 5.91 Å². The Balaban J connectivity index is 2.37. The topological polar surface area (TPSA) is 90.3 Å². The fourth-order valence-electron chi connectivity index (χ4n) is 2.23. The van der Waals surface area contributed by atoms with Crippen molar-refractivity contribution in [1.29, 1.82) is 0 Å². The first-order valence-electron chi connectivity index (χ1n) is 8.34. The number of amides is 1. The van der Waals surface area contributed by atoms with E-state index in [-0.39, 0.29) is 18.0 Å². The van der Waals surface area contributed by atoms with Gasteiger partial charge in [-0.25, -0.2) is 4.98 Å². The van der Waals surface area contributed by atoms with E-state index in [2.05, 4.69) is 15.0 Å². The van der Waals surface area contributed by atoms with Crippen molar-refractivity contribution in [1.82, 2.24) is 14.9 Å². The molecule has 1 atom stereocenters. The van der Waals surface area contributed by atoms with Crippen LogP contribution < -0.4 is 10.9 Å². The average Bonchev–Trinajstić information content (AvgIpc) is 2.62. The van der Waals surface area contributed by atoms with Gasteiger partial charge in [0.05, 0.1) is 23.3 Å². The van der Waals surface area contributed by atoms with E-state index in [9.17, 15) is 14.4 Å². The van der Waals surface area contributed by atoms with E-state index in [1.54, 1.807) is 31.2 Å². The number of ether oxygens (including phenoxy) is 1. The number of benzene rings is 1.